The van der Waals surface area contributed by atoms with Crippen LogP contribution in [0.3, 0.4) is 0 Å². The molecule has 144 valence electrons. The van der Waals surface area contributed by atoms with E-state index in [4.69, 9.17) is 35.4 Å². The van der Waals surface area contributed by atoms with Crippen molar-refractivity contribution in [1.29, 1.82) is 0 Å². The van der Waals surface area contributed by atoms with Gasteiger partial charge in [-0.3, -0.25) is 14.2 Å². The molecule has 1 aromatic heterocycles. The molecule has 3 rings (SSSR count). The van der Waals surface area contributed by atoms with Crippen molar-refractivity contribution in [2.45, 2.75) is 13.0 Å². The smallest absolute Gasteiger partial charge is 0.253 e. The number of likely N-dealkylation sites (N-methyl/N-ethyl adjacent to an activating group) is 1. The Morgan fingerprint density at radius 2 is 1.89 bits per heavy atom. The highest BCUT2D eigenvalue weighted by Crippen LogP contribution is 2.32. The van der Waals surface area contributed by atoms with E-state index >= 15 is 0 Å². The number of hydrogen-bond donors (Lipinski definition) is 0. The first-order chi connectivity index (χ1) is 12.8. The van der Waals surface area contributed by atoms with Crippen LogP contribution in [-0.4, -0.2) is 53.5 Å². The Kier molecular flexibility index (Phi) is 6.70. The van der Waals surface area contributed by atoms with E-state index in [9.17, 15) is 9.59 Å². The SMILES string of the molecule is CN1CCN(C(=O)CCn2c(=O)cc(-c3ccc(Cl)cc3Cl)sc2=S)CC1. The van der Waals surface area contributed by atoms with E-state index in [0.717, 1.165) is 31.7 Å². The van der Waals surface area contributed by atoms with E-state index in [1.54, 1.807) is 18.2 Å². The lowest BCUT2D eigenvalue weighted by molar-refractivity contribution is -0.133. The van der Waals surface area contributed by atoms with Crippen LogP contribution in [0.15, 0.2) is 29.1 Å². The summed E-state index contributed by atoms with van der Waals surface area (Å²) < 4.78 is 1.90. The van der Waals surface area contributed by atoms with Crippen molar-refractivity contribution in [3.8, 4) is 10.4 Å². The third-order valence-corrected chi connectivity index (χ3v) is 6.51. The van der Waals surface area contributed by atoms with E-state index in [-0.39, 0.29) is 24.4 Å². The summed E-state index contributed by atoms with van der Waals surface area (Å²) in [6.45, 7) is 3.48. The van der Waals surface area contributed by atoms with Crippen molar-refractivity contribution in [2.75, 3.05) is 33.2 Å². The number of carbonyl (C=O) groups excluding carboxylic acids is 1. The van der Waals surface area contributed by atoms with E-state index in [1.807, 2.05) is 11.9 Å². The van der Waals surface area contributed by atoms with Gasteiger partial charge in [-0.05, 0) is 31.4 Å². The van der Waals surface area contributed by atoms with Gasteiger partial charge in [0.2, 0.25) is 5.91 Å². The van der Waals surface area contributed by atoms with Crippen molar-refractivity contribution in [3.05, 3.63) is 48.6 Å². The second kappa shape index (κ2) is 8.84. The predicted octanol–water partition coefficient (Wildman–Crippen LogP) is 3.78. The lowest BCUT2D eigenvalue weighted by Crippen LogP contribution is -2.47. The average Bonchev–Trinajstić information content (AvgIpc) is 2.61. The van der Waals surface area contributed by atoms with Gasteiger partial charge in [-0.1, -0.05) is 29.3 Å². The van der Waals surface area contributed by atoms with Crippen LogP contribution in [0.25, 0.3) is 10.4 Å². The van der Waals surface area contributed by atoms with Gasteiger partial charge in [-0.2, -0.15) is 0 Å². The lowest BCUT2D eigenvalue weighted by atomic mass is 10.2. The highest BCUT2D eigenvalue weighted by Gasteiger charge is 2.19. The molecular formula is C18H19Cl2N3O2S2. The van der Waals surface area contributed by atoms with Gasteiger partial charge < -0.3 is 9.80 Å². The molecule has 2 heterocycles. The molecule has 0 saturated carbocycles. The Morgan fingerprint density at radius 3 is 2.52 bits per heavy atom. The number of halogens is 2. The summed E-state index contributed by atoms with van der Waals surface area (Å²) in [7, 11) is 2.04. The zero-order valence-electron chi connectivity index (χ0n) is 14.8. The van der Waals surface area contributed by atoms with Crippen molar-refractivity contribution >= 4 is 52.7 Å². The molecule has 1 aromatic carbocycles. The van der Waals surface area contributed by atoms with Crippen LogP contribution >= 0.6 is 46.8 Å². The minimum atomic E-state index is -0.231. The summed E-state index contributed by atoms with van der Waals surface area (Å²) >= 11 is 18.9. The molecule has 1 saturated heterocycles. The summed E-state index contributed by atoms with van der Waals surface area (Å²) in [5, 5.41) is 0.999. The molecule has 0 aliphatic carbocycles. The van der Waals surface area contributed by atoms with Crippen molar-refractivity contribution in [2.24, 2.45) is 0 Å². The van der Waals surface area contributed by atoms with E-state index in [2.05, 4.69) is 4.90 Å². The van der Waals surface area contributed by atoms with Crippen LogP contribution in [0.1, 0.15) is 6.42 Å². The van der Waals surface area contributed by atoms with Crippen LogP contribution in [0.4, 0.5) is 0 Å². The van der Waals surface area contributed by atoms with Crippen LogP contribution in [0.2, 0.25) is 10.0 Å². The Balaban J connectivity index is 1.75. The third-order valence-electron chi connectivity index (χ3n) is 4.54. The second-order valence-corrected chi connectivity index (χ2v) is 8.94. The molecule has 2 aromatic rings. The molecular weight excluding hydrogens is 425 g/mol. The Morgan fingerprint density at radius 1 is 1.19 bits per heavy atom. The number of aromatic nitrogens is 1. The molecule has 0 spiro atoms. The Bertz CT molecular complexity index is 935. The van der Waals surface area contributed by atoms with Crippen LogP contribution in [0, 0.1) is 3.95 Å². The van der Waals surface area contributed by atoms with Gasteiger partial charge in [0, 0.05) is 60.7 Å². The molecule has 9 heteroatoms. The van der Waals surface area contributed by atoms with Crippen molar-refractivity contribution < 1.29 is 4.79 Å². The molecule has 5 nitrogen and oxygen atoms in total. The van der Waals surface area contributed by atoms with Crippen LogP contribution in [0.5, 0.6) is 0 Å². The number of amides is 1. The van der Waals surface area contributed by atoms with Crippen LogP contribution in [-0.2, 0) is 11.3 Å². The van der Waals surface area contributed by atoms with E-state index in [0.29, 0.717) is 18.9 Å². The van der Waals surface area contributed by atoms with Gasteiger partial charge in [0.25, 0.3) is 5.56 Å². The second-order valence-electron chi connectivity index (χ2n) is 6.42. The fraction of sp³-hybridized carbons (Fsp3) is 0.389. The highest BCUT2D eigenvalue weighted by atomic mass is 35.5. The summed E-state index contributed by atoms with van der Waals surface area (Å²) in [5.74, 6) is 0.0548. The van der Waals surface area contributed by atoms with E-state index in [1.165, 1.54) is 22.0 Å². The summed E-state index contributed by atoms with van der Waals surface area (Å²) in [6.07, 6.45) is 0.265. The molecule has 1 aliphatic heterocycles. The van der Waals surface area contributed by atoms with E-state index < -0.39 is 0 Å². The number of piperazine rings is 1. The molecule has 0 atom stereocenters. The zero-order valence-corrected chi connectivity index (χ0v) is 17.9. The number of carbonyl (C=O) groups is 1. The molecule has 0 radical (unpaired) electrons. The van der Waals surface area contributed by atoms with Gasteiger partial charge >= 0.3 is 0 Å². The Hall–Kier alpha value is -1.25. The third kappa shape index (κ3) is 4.97. The topological polar surface area (TPSA) is 45.5 Å². The fourth-order valence-corrected chi connectivity index (χ4v) is 4.85. The highest BCUT2D eigenvalue weighted by molar-refractivity contribution is 7.73. The largest absolute Gasteiger partial charge is 0.340 e. The fourth-order valence-electron chi connectivity index (χ4n) is 2.90. The van der Waals surface area contributed by atoms with Gasteiger partial charge in [-0.15, -0.1) is 11.3 Å². The standard InChI is InChI=1S/C18H19Cl2N3O2S2/c1-21-6-8-22(9-7-21)16(24)4-5-23-17(25)11-15(27-18(23)26)13-3-2-12(19)10-14(13)20/h2-3,10-11H,4-9H2,1H3. The Labute approximate surface area is 176 Å². The number of hydrogen-bond acceptors (Lipinski definition) is 5. The minimum absolute atomic E-state index is 0.0548. The lowest BCUT2D eigenvalue weighted by Gasteiger charge is -2.32. The molecule has 0 N–H and O–H groups in total. The zero-order chi connectivity index (χ0) is 19.6. The summed E-state index contributed by atoms with van der Waals surface area (Å²) in [6, 6.07) is 6.63. The van der Waals surface area contributed by atoms with Crippen LogP contribution < -0.4 is 5.56 Å². The average molecular weight is 444 g/mol. The maximum absolute atomic E-state index is 12.5. The van der Waals surface area contributed by atoms with Gasteiger partial charge in [0.05, 0.1) is 5.02 Å². The molecule has 0 unspecified atom stereocenters. The van der Waals surface area contributed by atoms with Crippen molar-refractivity contribution in [1.82, 2.24) is 14.4 Å². The summed E-state index contributed by atoms with van der Waals surface area (Å²) in [5.41, 5.74) is 0.487. The first-order valence-electron chi connectivity index (χ1n) is 8.52. The first-order valence-corrected chi connectivity index (χ1v) is 10.5. The normalized spacial score (nSPS) is 15.1. The molecule has 1 fully saturated rings. The maximum atomic E-state index is 12.5. The van der Waals surface area contributed by atoms with Crippen molar-refractivity contribution in [3.63, 3.8) is 0 Å². The number of benzene rings is 1. The summed E-state index contributed by atoms with van der Waals surface area (Å²) in [4.78, 5) is 29.7. The monoisotopic (exact) mass is 443 g/mol. The predicted molar refractivity (Wildman–Crippen MR) is 114 cm³/mol. The quantitative estimate of drug-likeness (QED) is 0.674. The molecule has 1 amide bonds. The molecule has 0 bridgehead atoms. The number of rotatable bonds is 4. The maximum Gasteiger partial charge on any atom is 0.253 e. The minimum Gasteiger partial charge on any atom is -0.340 e. The van der Waals surface area contributed by atoms with Gasteiger partial charge in [0.15, 0.2) is 3.95 Å². The number of nitrogens with zero attached hydrogens (tertiary/aromatic N) is 3. The first kappa shape index (κ1) is 20.5. The van der Waals surface area contributed by atoms with Gasteiger partial charge in [-0.25, -0.2) is 0 Å². The molecule has 1 aliphatic rings. The molecule has 27 heavy (non-hydrogen) atoms. The van der Waals surface area contributed by atoms with Gasteiger partial charge in [0.1, 0.15) is 0 Å².